The molecule has 0 saturated carbocycles. The molecule has 0 aliphatic carbocycles. The van der Waals surface area contributed by atoms with Crippen molar-refractivity contribution >= 4 is 47.0 Å². The summed E-state index contributed by atoms with van der Waals surface area (Å²) in [6, 6.07) is 0. The highest BCUT2D eigenvalue weighted by Crippen LogP contribution is 2.11. The summed E-state index contributed by atoms with van der Waals surface area (Å²) in [5.74, 6) is 4.65. The van der Waals surface area contributed by atoms with E-state index in [1.54, 1.807) is 47.0 Å². The van der Waals surface area contributed by atoms with Gasteiger partial charge in [-0.1, -0.05) is 47.0 Å². The van der Waals surface area contributed by atoms with Gasteiger partial charge in [0.25, 0.3) is 0 Å². The van der Waals surface area contributed by atoms with Gasteiger partial charge in [-0.05, 0) is 46.7 Å². The highest BCUT2D eigenvalue weighted by Gasteiger charge is 1.91. The van der Waals surface area contributed by atoms with Crippen LogP contribution < -0.4 is 0 Å². The quantitative estimate of drug-likeness (QED) is 0.608. The molecule has 0 saturated heterocycles. The molecule has 0 unspecified atom stereocenters. The molecule has 88 valence electrons. The second-order valence-corrected chi connectivity index (χ2v) is 6.82. The maximum absolute atomic E-state index is 3.16. The van der Waals surface area contributed by atoms with Crippen molar-refractivity contribution in [2.45, 2.75) is 25.7 Å². The van der Waals surface area contributed by atoms with E-state index in [2.05, 4.69) is 21.0 Å². The van der Waals surface area contributed by atoms with E-state index in [-0.39, 0.29) is 0 Å². The van der Waals surface area contributed by atoms with E-state index in [1.165, 1.54) is 25.7 Å². The minimum Gasteiger partial charge on any atom is -0.0742 e. The molecular weight excluding hydrogens is 272 g/mol. The normalized spacial score (nSPS) is 20.0. The van der Waals surface area contributed by atoms with Gasteiger partial charge in [-0.15, -0.1) is 0 Å². The molecule has 0 aromatic heterocycles. The van der Waals surface area contributed by atoms with Crippen LogP contribution in [0.25, 0.3) is 0 Å². The first-order valence-corrected chi connectivity index (χ1v) is 9.41. The lowest BCUT2D eigenvalue weighted by atomic mass is 10.4. The van der Waals surface area contributed by atoms with Gasteiger partial charge in [0, 0.05) is 23.0 Å². The average Bonchev–Trinajstić information content (AvgIpc) is 2.29. The van der Waals surface area contributed by atoms with Gasteiger partial charge in [0.15, 0.2) is 0 Å². The molecule has 0 spiro atoms. The van der Waals surface area contributed by atoms with E-state index in [0.717, 1.165) is 23.0 Å². The van der Waals surface area contributed by atoms with Crippen LogP contribution in [-0.4, -0.2) is 23.0 Å². The highest BCUT2D eigenvalue weighted by molar-refractivity contribution is 8.07. The SMILES string of the molecule is C1#CSCCCCSC#CSCCCCS1. The Morgan fingerprint density at radius 3 is 0.938 bits per heavy atom. The smallest absolute Gasteiger partial charge is 0.00572 e. The molecule has 0 N–H and O–H groups in total. The van der Waals surface area contributed by atoms with Crippen molar-refractivity contribution in [1.82, 2.24) is 0 Å². The van der Waals surface area contributed by atoms with Crippen LogP contribution in [0.15, 0.2) is 0 Å². The molecule has 0 radical (unpaired) electrons. The van der Waals surface area contributed by atoms with Gasteiger partial charge in [-0.25, -0.2) is 0 Å². The first-order chi connectivity index (χ1) is 8.00. The van der Waals surface area contributed by atoms with E-state index in [4.69, 9.17) is 0 Å². The first kappa shape index (κ1) is 14.6. The van der Waals surface area contributed by atoms with E-state index in [9.17, 15) is 0 Å². The van der Waals surface area contributed by atoms with E-state index >= 15 is 0 Å². The Bertz CT molecular complexity index is 225. The van der Waals surface area contributed by atoms with Crippen molar-refractivity contribution in [2.75, 3.05) is 23.0 Å². The van der Waals surface area contributed by atoms with Crippen LogP contribution in [0.1, 0.15) is 25.7 Å². The zero-order valence-corrected chi connectivity index (χ0v) is 12.6. The lowest BCUT2D eigenvalue weighted by molar-refractivity contribution is 0.910. The topological polar surface area (TPSA) is 0 Å². The van der Waals surface area contributed by atoms with Gasteiger partial charge in [0.2, 0.25) is 0 Å². The molecule has 4 heteroatoms. The summed E-state index contributed by atoms with van der Waals surface area (Å²) in [5.41, 5.74) is 0. The second kappa shape index (κ2) is 12.0. The van der Waals surface area contributed by atoms with E-state index in [0.29, 0.717) is 0 Å². The van der Waals surface area contributed by atoms with Crippen LogP contribution in [0.3, 0.4) is 0 Å². The number of hydrogen-bond donors (Lipinski definition) is 0. The predicted molar refractivity (Wildman–Crippen MR) is 83.9 cm³/mol. The summed E-state index contributed by atoms with van der Waals surface area (Å²) in [6.45, 7) is 0. The maximum Gasteiger partial charge on any atom is 0.00572 e. The molecule has 1 rings (SSSR count). The molecule has 1 heterocycles. The molecule has 16 heavy (non-hydrogen) atoms. The van der Waals surface area contributed by atoms with E-state index in [1.807, 2.05) is 0 Å². The fourth-order valence-electron chi connectivity index (χ4n) is 1.02. The molecule has 0 nitrogen and oxygen atoms in total. The largest absolute Gasteiger partial charge is 0.0742 e. The second-order valence-electron chi connectivity index (χ2n) is 3.22. The summed E-state index contributed by atoms with van der Waals surface area (Å²) < 4.78 is 0. The van der Waals surface area contributed by atoms with Gasteiger partial charge in [0.05, 0.1) is 0 Å². The van der Waals surface area contributed by atoms with Gasteiger partial charge in [0.1, 0.15) is 0 Å². The van der Waals surface area contributed by atoms with Crippen LogP contribution in [0.4, 0.5) is 0 Å². The fraction of sp³-hybridized carbons (Fsp3) is 0.667. The van der Waals surface area contributed by atoms with Gasteiger partial charge >= 0.3 is 0 Å². The molecule has 1 aliphatic heterocycles. The van der Waals surface area contributed by atoms with Crippen LogP contribution in [0, 0.1) is 21.0 Å². The van der Waals surface area contributed by atoms with Crippen molar-refractivity contribution in [3.8, 4) is 21.0 Å². The average molecular weight is 289 g/mol. The van der Waals surface area contributed by atoms with Crippen molar-refractivity contribution in [1.29, 1.82) is 0 Å². The predicted octanol–water partition coefficient (Wildman–Crippen LogP) is 4.33. The lowest BCUT2D eigenvalue weighted by Crippen LogP contribution is -1.83. The zero-order valence-electron chi connectivity index (χ0n) is 9.29. The molecule has 0 atom stereocenters. The summed E-state index contributed by atoms with van der Waals surface area (Å²) in [7, 11) is 0. The Morgan fingerprint density at radius 1 is 0.438 bits per heavy atom. The summed E-state index contributed by atoms with van der Waals surface area (Å²) in [4.78, 5) is 0. The van der Waals surface area contributed by atoms with Crippen molar-refractivity contribution in [3.05, 3.63) is 0 Å². The zero-order chi connectivity index (χ0) is 11.3. The van der Waals surface area contributed by atoms with Crippen molar-refractivity contribution in [2.24, 2.45) is 0 Å². The van der Waals surface area contributed by atoms with Crippen LogP contribution in [-0.2, 0) is 0 Å². The van der Waals surface area contributed by atoms with Crippen molar-refractivity contribution < 1.29 is 0 Å². The molecule has 1 aliphatic rings. The molecule has 0 fully saturated rings. The third-order valence-electron chi connectivity index (χ3n) is 1.86. The number of hydrogen-bond acceptors (Lipinski definition) is 4. The summed E-state index contributed by atoms with van der Waals surface area (Å²) in [5, 5.41) is 12.6. The Kier molecular flexibility index (Phi) is 10.9. The Hall–Kier alpha value is 0.520. The Labute approximate surface area is 116 Å². The summed E-state index contributed by atoms with van der Waals surface area (Å²) in [6.07, 6.45) is 5.02. The maximum atomic E-state index is 3.16. The third-order valence-corrected chi connectivity index (χ3v) is 5.07. The van der Waals surface area contributed by atoms with Crippen molar-refractivity contribution in [3.63, 3.8) is 0 Å². The first-order valence-electron chi connectivity index (χ1n) is 5.47. The van der Waals surface area contributed by atoms with Gasteiger partial charge in [-0.3, -0.25) is 0 Å². The highest BCUT2D eigenvalue weighted by atomic mass is 32.2. The molecule has 0 amide bonds. The van der Waals surface area contributed by atoms with Gasteiger partial charge < -0.3 is 0 Å². The van der Waals surface area contributed by atoms with Crippen LogP contribution in [0.2, 0.25) is 0 Å². The van der Waals surface area contributed by atoms with Crippen LogP contribution in [0.5, 0.6) is 0 Å². The fourth-order valence-corrected chi connectivity index (χ4v) is 3.76. The third kappa shape index (κ3) is 9.73. The molecule has 0 aromatic rings. The molecular formula is C12H16S4. The standard InChI is InChI=1S/C12H16S4/c1-2-6-14-11-12-16-8-4-3-7-15-10-9-13-5-1/h1-8H2. The molecule has 0 bridgehead atoms. The van der Waals surface area contributed by atoms with E-state index < -0.39 is 0 Å². The number of thioether (sulfide) groups is 4. The van der Waals surface area contributed by atoms with Gasteiger partial charge in [-0.2, -0.15) is 0 Å². The summed E-state index contributed by atoms with van der Waals surface area (Å²) >= 11 is 7.03. The Morgan fingerprint density at radius 2 is 0.688 bits per heavy atom. The minimum atomic E-state index is 1.16. The lowest BCUT2D eigenvalue weighted by Gasteiger charge is -1.96. The minimum absolute atomic E-state index is 1.16. The monoisotopic (exact) mass is 288 g/mol. The number of rotatable bonds is 0. The Balaban J connectivity index is 2.18. The molecule has 0 aromatic carbocycles. The van der Waals surface area contributed by atoms with Crippen LogP contribution >= 0.6 is 47.0 Å².